The van der Waals surface area contributed by atoms with E-state index in [4.69, 9.17) is 0 Å². The third kappa shape index (κ3) is 4.31. The molecule has 0 heterocycles. The van der Waals surface area contributed by atoms with Crippen molar-refractivity contribution in [1.29, 1.82) is 0 Å². The van der Waals surface area contributed by atoms with Crippen LogP contribution in [0.4, 0.5) is 5.69 Å². The van der Waals surface area contributed by atoms with E-state index in [0.717, 1.165) is 18.4 Å². The highest BCUT2D eigenvalue weighted by atomic mass is 32.2. The van der Waals surface area contributed by atoms with Crippen LogP contribution in [0.25, 0.3) is 0 Å². The highest BCUT2D eigenvalue weighted by molar-refractivity contribution is 7.89. The summed E-state index contributed by atoms with van der Waals surface area (Å²) in [6.45, 7) is 3.77. The fourth-order valence-electron chi connectivity index (χ4n) is 3.07. The number of anilines is 1. The zero-order valence-corrected chi connectivity index (χ0v) is 15.9. The SMILES string of the molecule is CC(=O)Nc1ccc(S(=O)(=O)N(Cc2ccccc2)C(C)C2CC2)cc1. The summed E-state index contributed by atoms with van der Waals surface area (Å²) < 4.78 is 28.2. The van der Waals surface area contributed by atoms with E-state index in [1.165, 1.54) is 6.92 Å². The van der Waals surface area contributed by atoms with Crippen LogP contribution < -0.4 is 5.32 Å². The Morgan fingerprint density at radius 3 is 2.27 bits per heavy atom. The summed E-state index contributed by atoms with van der Waals surface area (Å²) in [5.41, 5.74) is 1.56. The molecule has 0 spiro atoms. The molecule has 5 nitrogen and oxygen atoms in total. The molecule has 6 heteroatoms. The molecule has 2 aromatic rings. The summed E-state index contributed by atoms with van der Waals surface area (Å²) in [6, 6.07) is 16.0. The van der Waals surface area contributed by atoms with Gasteiger partial charge in [0, 0.05) is 25.2 Å². The van der Waals surface area contributed by atoms with Crippen LogP contribution in [0.3, 0.4) is 0 Å². The highest BCUT2D eigenvalue weighted by Crippen LogP contribution is 2.38. The molecule has 3 rings (SSSR count). The number of carbonyl (C=O) groups is 1. The van der Waals surface area contributed by atoms with Gasteiger partial charge in [-0.15, -0.1) is 0 Å². The fraction of sp³-hybridized carbons (Fsp3) is 0.350. The Morgan fingerprint density at radius 1 is 1.12 bits per heavy atom. The molecule has 0 bridgehead atoms. The van der Waals surface area contributed by atoms with Crippen LogP contribution in [0, 0.1) is 5.92 Å². The van der Waals surface area contributed by atoms with Crippen molar-refractivity contribution in [2.45, 2.75) is 44.2 Å². The number of nitrogens with one attached hydrogen (secondary N) is 1. The van der Waals surface area contributed by atoms with Crippen LogP contribution in [-0.4, -0.2) is 24.7 Å². The van der Waals surface area contributed by atoms with Crippen molar-refractivity contribution >= 4 is 21.6 Å². The molecule has 0 radical (unpaired) electrons. The molecule has 1 unspecified atom stereocenters. The summed E-state index contributed by atoms with van der Waals surface area (Å²) in [4.78, 5) is 11.4. The Balaban J connectivity index is 1.89. The van der Waals surface area contributed by atoms with Crippen molar-refractivity contribution in [3.8, 4) is 0 Å². The summed E-state index contributed by atoms with van der Waals surface area (Å²) in [6.07, 6.45) is 2.15. The van der Waals surface area contributed by atoms with E-state index in [1.54, 1.807) is 28.6 Å². The van der Waals surface area contributed by atoms with Gasteiger partial charge >= 0.3 is 0 Å². The van der Waals surface area contributed by atoms with Crippen molar-refractivity contribution in [1.82, 2.24) is 4.31 Å². The van der Waals surface area contributed by atoms with Crippen LogP contribution in [-0.2, 0) is 21.4 Å². The first kappa shape index (κ1) is 18.6. The molecule has 1 fully saturated rings. The zero-order chi connectivity index (χ0) is 18.7. The Kier molecular flexibility index (Phi) is 5.44. The van der Waals surface area contributed by atoms with Gasteiger partial charge in [0.25, 0.3) is 0 Å². The van der Waals surface area contributed by atoms with Crippen molar-refractivity contribution in [3.63, 3.8) is 0 Å². The van der Waals surface area contributed by atoms with Crippen molar-refractivity contribution in [2.75, 3.05) is 5.32 Å². The minimum atomic E-state index is -3.63. The van der Waals surface area contributed by atoms with Crippen molar-refractivity contribution in [3.05, 3.63) is 60.2 Å². The second kappa shape index (κ2) is 7.60. The molecule has 0 aromatic heterocycles. The van der Waals surface area contributed by atoms with E-state index < -0.39 is 10.0 Å². The number of rotatable bonds is 7. The Bertz CT molecular complexity index is 860. The minimum Gasteiger partial charge on any atom is -0.326 e. The van der Waals surface area contributed by atoms with Crippen LogP contribution in [0.1, 0.15) is 32.3 Å². The molecular weight excluding hydrogens is 348 g/mol. The van der Waals surface area contributed by atoms with Gasteiger partial charge in [-0.1, -0.05) is 30.3 Å². The lowest BCUT2D eigenvalue weighted by molar-refractivity contribution is -0.114. The maximum absolute atomic E-state index is 13.3. The Hall–Kier alpha value is -2.18. The lowest BCUT2D eigenvalue weighted by Crippen LogP contribution is -2.39. The van der Waals surface area contributed by atoms with Gasteiger partial charge < -0.3 is 5.32 Å². The quantitative estimate of drug-likeness (QED) is 0.807. The standard InChI is InChI=1S/C20H24N2O3S/c1-15(18-8-9-18)22(14-17-6-4-3-5-7-17)26(24,25)20-12-10-19(11-13-20)21-16(2)23/h3-7,10-13,15,18H,8-9,14H2,1-2H3,(H,21,23). The molecule has 1 atom stereocenters. The van der Waals surface area contributed by atoms with Crippen molar-refractivity contribution in [2.24, 2.45) is 5.92 Å². The third-order valence-electron chi connectivity index (χ3n) is 4.72. The van der Waals surface area contributed by atoms with E-state index in [9.17, 15) is 13.2 Å². The number of sulfonamides is 1. The van der Waals surface area contributed by atoms with Gasteiger partial charge in [0.15, 0.2) is 0 Å². The highest BCUT2D eigenvalue weighted by Gasteiger charge is 2.38. The molecule has 1 saturated carbocycles. The van der Waals surface area contributed by atoms with Gasteiger partial charge in [-0.05, 0) is 55.5 Å². The second-order valence-corrected chi connectivity index (χ2v) is 8.71. The van der Waals surface area contributed by atoms with Gasteiger partial charge in [-0.2, -0.15) is 4.31 Å². The van der Waals surface area contributed by atoms with Gasteiger partial charge in [0.2, 0.25) is 15.9 Å². The van der Waals surface area contributed by atoms with Crippen LogP contribution in [0.5, 0.6) is 0 Å². The molecule has 138 valence electrons. The first-order chi connectivity index (χ1) is 12.4. The van der Waals surface area contributed by atoms with Crippen molar-refractivity contribution < 1.29 is 13.2 Å². The first-order valence-corrected chi connectivity index (χ1v) is 10.3. The maximum Gasteiger partial charge on any atom is 0.243 e. The Morgan fingerprint density at radius 2 is 1.73 bits per heavy atom. The van der Waals surface area contributed by atoms with Crippen LogP contribution >= 0.6 is 0 Å². The minimum absolute atomic E-state index is 0.0461. The van der Waals surface area contributed by atoms with E-state index >= 15 is 0 Å². The normalized spacial score (nSPS) is 15.7. The summed E-state index contributed by atoms with van der Waals surface area (Å²) in [7, 11) is -3.63. The Labute approximate surface area is 155 Å². The number of benzene rings is 2. The average Bonchev–Trinajstić information content (AvgIpc) is 3.45. The van der Waals surface area contributed by atoms with E-state index in [2.05, 4.69) is 5.32 Å². The third-order valence-corrected chi connectivity index (χ3v) is 6.67. The summed E-state index contributed by atoms with van der Waals surface area (Å²) >= 11 is 0. The first-order valence-electron chi connectivity index (χ1n) is 8.81. The van der Waals surface area contributed by atoms with Gasteiger partial charge in [0.05, 0.1) is 4.90 Å². The lowest BCUT2D eigenvalue weighted by Gasteiger charge is -2.28. The number of nitrogens with zero attached hydrogens (tertiary/aromatic N) is 1. The maximum atomic E-state index is 13.3. The molecule has 1 aliphatic rings. The predicted molar refractivity (Wildman–Crippen MR) is 102 cm³/mol. The number of hydrogen-bond acceptors (Lipinski definition) is 3. The van der Waals surface area contributed by atoms with E-state index in [1.807, 2.05) is 37.3 Å². The molecule has 0 saturated heterocycles. The van der Waals surface area contributed by atoms with Gasteiger partial charge in [-0.3, -0.25) is 4.79 Å². The zero-order valence-electron chi connectivity index (χ0n) is 15.1. The molecule has 2 aromatic carbocycles. The van der Waals surface area contributed by atoms with E-state index in [0.29, 0.717) is 18.2 Å². The topological polar surface area (TPSA) is 66.5 Å². The lowest BCUT2D eigenvalue weighted by atomic mass is 10.2. The fourth-order valence-corrected chi connectivity index (χ4v) is 4.75. The number of hydrogen-bond donors (Lipinski definition) is 1. The average molecular weight is 372 g/mol. The largest absolute Gasteiger partial charge is 0.326 e. The van der Waals surface area contributed by atoms with Crippen LogP contribution in [0.2, 0.25) is 0 Å². The van der Waals surface area contributed by atoms with Gasteiger partial charge in [-0.25, -0.2) is 8.42 Å². The van der Waals surface area contributed by atoms with Gasteiger partial charge in [0.1, 0.15) is 0 Å². The molecule has 26 heavy (non-hydrogen) atoms. The number of amides is 1. The summed E-state index contributed by atoms with van der Waals surface area (Å²) in [5, 5.41) is 2.66. The smallest absolute Gasteiger partial charge is 0.243 e. The monoisotopic (exact) mass is 372 g/mol. The van der Waals surface area contributed by atoms with Crippen LogP contribution in [0.15, 0.2) is 59.5 Å². The number of carbonyl (C=O) groups excluding carboxylic acids is 1. The molecule has 1 aliphatic carbocycles. The molecule has 0 aliphatic heterocycles. The predicted octanol–water partition coefficient (Wildman–Crippen LogP) is 3.63. The van der Waals surface area contributed by atoms with E-state index in [-0.39, 0.29) is 16.8 Å². The molecular formula is C20H24N2O3S. The second-order valence-electron chi connectivity index (χ2n) is 6.82. The summed E-state index contributed by atoms with van der Waals surface area (Å²) in [5.74, 6) is 0.237. The molecule has 1 amide bonds. The molecule has 1 N–H and O–H groups in total.